The van der Waals surface area contributed by atoms with Crippen LogP contribution in [0.3, 0.4) is 0 Å². The Kier molecular flexibility index (Phi) is 7.04. The lowest BCUT2D eigenvalue weighted by molar-refractivity contribution is 0.0830. The van der Waals surface area contributed by atoms with Gasteiger partial charge in [-0.15, -0.1) is 11.3 Å². The van der Waals surface area contributed by atoms with Gasteiger partial charge in [-0.05, 0) is 36.8 Å². The van der Waals surface area contributed by atoms with Gasteiger partial charge in [-0.1, -0.05) is 18.2 Å². The number of methoxy groups -OCH3 is 2. The molecular formula is C23H22N4O6S. The van der Waals surface area contributed by atoms with Gasteiger partial charge in [0.25, 0.3) is 5.91 Å². The summed E-state index contributed by atoms with van der Waals surface area (Å²) in [5.41, 5.74) is 5.42. The number of hydrogen-bond donors (Lipinski definition) is 2. The minimum absolute atomic E-state index is 0.0387. The molecule has 2 amide bonds. The second-order valence-electron chi connectivity index (χ2n) is 7.09. The van der Waals surface area contributed by atoms with Crippen LogP contribution in [0.2, 0.25) is 0 Å². The van der Waals surface area contributed by atoms with E-state index in [-0.39, 0.29) is 19.0 Å². The topological polar surface area (TPSA) is 125 Å². The van der Waals surface area contributed by atoms with Crippen molar-refractivity contribution in [3.8, 4) is 11.6 Å². The number of benzene rings is 1. The molecule has 0 bridgehead atoms. The summed E-state index contributed by atoms with van der Waals surface area (Å²) in [6.07, 6.45) is 0. The number of hydrogen-bond acceptors (Lipinski definition) is 9. The van der Waals surface area contributed by atoms with E-state index in [1.807, 2.05) is 30.3 Å². The zero-order chi connectivity index (χ0) is 24.1. The Hall–Kier alpha value is -3.96. The highest BCUT2D eigenvalue weighted by atomic mass is 32.1. The zero-order valence-electron chi connectivity index (χ0n) is 18.7. The number of nitrogens with one attached hydrogen (secondary N) is 2. The molecule has 0 aliphatic rings. The predicted molar refractivity (Wildman–Crippen MR) is 124 cm³/mol. The molecule has 0 spiro atoms. The summed E-state index contributed by atoms with van der Waals surface area (Å²) in [6, 6.07) is 12.4. The number of para-hydroxylation sites is 1. The summed E-state index contributed by atoms with van der Waals surface area (Å²) in [4.78, 5) is 34.9. The number of fused-ring (bicyclic) bond motifs is 1. The van der Waals surface area contributed by atoms with Crippen LogP contribution in [0.4, 0.5) is 0 Å². The van der Waals surface area contributed by atoms with Crippen LogP contribution >= 0.6 is 11.3 Å². The fourth-order valence-corrected chi connectivity index (χ4v) is 4.27. The number of ether oxygens (including phenoxy) is 3. The van der Waals surface area contributed by atoms with Crippen molar-refractivity contribution in [3.05, 3.63) is 70.3 Å². The molecule has 0 atom stereocenters. The van der Waals surface area contributed by atoms with E-state index in [1.165, 1.54) is 24.5 Å². The molecule has 11 heteroatoms. The molecule has 0 unspecified atom stereocenters. The van der Waals surface area contributed by atoms with E-state index in [9.17, 15) is 9.59 Å². The Morgan fingerprint density at radius 2 is 1.76 bits per heavy atom. The summed E-state index contributed by atoms with van der Waals surface area (Å²) in [6.45, 7) is 2.14. The number of carbonyl (C=O) groups is 2. The van der Waals surface area contributed by atoms with Crippen molar-refractivity contribution in [3.63, 3.8) is 0 Å². The molecular weight excluding hydrogens is 460 g/mol. The van der Waals surface area contributed by atoms with Crippen LogP contribution in [-0.4, -0.2) is 36.0 Å². The number of rotatable bonds is 8. The average molecular weight is 483 g/mol. The van der Waals surface area contributed by atoms with Crippen LogP contribution in [0, 0.1) is 6.92 Å². The quantitative estimate of drug-likeness (QED) is 0.366. The Balaban J connectivity index is 1.41. The van der Waals surface area contributed by atoms with Crippen LogP contribution in [0.15, 0.2) is 46.9 Å². The van der Waals surface area contributed by atoms with E-state index in [0.717, 1.165) is 0 Å². The van der Waals surface area contributed by atoms with Crippen LogP contribution in [-0.2, 0) is 18.0 Å². The third-order valence-electron chi connectivity index (χ3n) is 4.78. The maximum atomic E-state index is 12.8. The van der Waals surface area contributed by atoms with Gasteiger partial charge in [-0.3, -0.25) is 20.4 Å². The fourth-order valence-electron chi connectivity index (χ4n) is 3.18. The molecule has 4 rings (SSSR count). The van der Waals surface area contributed by atoms with E-state index in [0.29, 0.717) is 43.9 Å². The Labute approximate surface area is 198 Å². The highest BCUT2D eigenvalue weighted by Crippen LogP contribution is 2.35. The van der Waals surface area contributed by atoms with Crippen LogP contribution in [0.5, 0.6) is 11.6 Å². The van der Waals surface area contributed by atoms with Gasteiger partial charge in [0, 0.05) is 7.11 Å². The summed E-state index contributed by atoms with van der Waals surface area (Å²) in [5, 5.41) is 0.637. The molecule has 0 saturated heterocycles. The third-order valence-corrected chi connectivity index (χ3v) is 5.96. The van der Waals surface area contributed by atoms with E-state index in [2.05, 4.69) is 20.8 Å². The lowest BCUT2D eigenvalue weighted by Crippen LogP contribution is -2.41. The van der Waals surface area contributed by atoms with Gasteiger partial charge in [0.1, 0.15) is 29.6 Å². The minimum atomic E-state index is -0.599. The summed E-state index contributed by atoms with van der Waals surface area (Å²) >= 11 is 1.17. The van der Waals surface area contributed by atoms with Crippen LogP contribution in [0.25, 0.3) is 10.2 Å². The monoisotopic (exact) mass is 482 g/mol. The standard InChI is InChI=1S/C23H22N4O6S/c1-13-18-22(31-3)24-17(12-30-2)25-23(18)34-19(13)21(29)27-26-20(28)16-10-9-15(33-16)11-32-14-7-5-4-6-8-14/h4-10H,11-12H2,1-3H3,(H,26,28)(H,27,29). The molecule has 0 aliphatic carbocycles. The van der Waals surface area contributed by atoms with Crippen molar-refractivity contribution in [2.75, 3.05) is 14.2 Å². The second-order valence-corrected chi connectivity index (χ2v) is 8.09. The lowest BCUT2D eigenvalue weighted by Gasteiger charge is -2.06. The van der Waals surface area contributed by atoms with Crippen LogP contribution < -0.4 is 20.3 Å². The molecule has 0 aliphatic heterocycles. The SMILES string of the molecule is COCc1nc(OC)c2c(C)c(C(=O)NNC(=O)c3ccc(COc4ccccc4)o3)sc2n1. The van der Waals surface area contributed by atoms with Crippen molar-refractivity contribution < 1.29 is 28.2 Å². The minimum Gasteiger partial charge on any atom is -0.486 e. The normalized spacial score (nSPS) is 10.8. The highest BCUT2D eigenvalue weighted by Gasteiger charge is 2.22. The molecule has 0 fully saturated rings. The van der Waals surface area contributed by atoms with Gasteiger partial charge >= 0.3 is 5.91 Å². The van der Waals surface area contributed by atoms with E-state index in [1.54, 1.807) is 20.1 Å². The molecule has 34 heavy (non-hydrogen) atoms. The van der Waals surface area contributed by atoms with E-state index in [4.69, 9.17) is 18.6 Å². The first-order chi connectivity index (χ1) is 16.5. The van der Waals surface area contributed by atoms with Gasteiger partial charge in [0.15, 0.2) is 11.6 Å². The number of thiophene rings is 1. The molecule has 10 nitrogen and oxygen atoms in total. The van der Waals surface area contributed by atoms with Crippen molar-refractivity contribution in [2.45, 2.75) is 20.1 Å². The molecule has 0 saturated carbocycles. The maximum absolute atomic E-state index is 12.8. The Bertz CT molecular complexity index is 1320. The molecule has 2 N–H and O–H groups in total. The van der Waals surface area contributed by atoms with Gasteiger partial charge in [0.2, 0.25) is 5.88 Å². The first-order valence-corrected chi connectivity index (χ1v) is 11.0. The Morgan fingerprint density at radius 1 is 1.00 bits per heavy atom. The molecule has 3 heterocycles. The number of furan rings is 1. The molecule has 176 valence electrons. The number of aromatic nitrogens is 2. The molecule has 1 aromatic carbocycles. The highest BCUT2D eigenvalue weighted by molar-refractivity contribution is 7.20. The largest absolute Gasteiger partial charge is 0.486 e. The number of hydrazine groups is 1. The number of nitrogens with zero attached hydrogens (tertiary/aromatic N) is 2. The van der Waals surface area contributed by atoms with Gasteiger partial charge in [-0.25, -0.2) is 4.98 Å². The maximum Gasteiger partial charge on any atom is 0.305 e. The average Bonchev–Trinajstić information content (AvgIpc) is 3.46. The first kappa shape index (κ1) is 23.2. The number of amides is 2. The van der Waals surface area contributed by atoms with Crippen LogP contribution in [0.1, 0.15) is 37.4 Å². The molecule has 3 aromatic heterocycles. The third kappa shape index (κ3) is 5.00. The fraction of sp³-hybridized carbons (Fsp3) is 0.217. The van der Waals surface area contributed by atoms with Gasteiger partial charge < -0.3 is 18.6 Å². The van der Waals surface area contributed by atoms with E-state index >= 15 is 0 Å². The molecule has 4 aromatic rings. The number of carbonyl (C=O) groups excluding carboxylic acids is 2. The Morgan fingerprint density at radius 3 is 2.50 bits per heavy atom. The summed E-state index contributed by atoms with van der Waals surface area (Å²) in [5.74, 6) is 0.899. The van der Waals surface area contributed by atoms with Crippen molar-refractivity contribution in [1.82, 2.24) is 20.8 Å². The summed E-state index contributed by atoms with van der Waals surface area (Å²) in [7, 11) is 3.04. The zero-order valence-corrected chi connectivity index (χ0v) is 19.5. The number of aryl methyl sites for hydroxylation is 1. The second kappa shape index (κ2) is 10.3. The van der Waals surface area contributed by atoms with Crippen molar-refractivity contribution in [2.24, 2.45) is 0 Å². The first-order valence-electron chi connectivity index (χ1n) is 10.2. The van der Waals surface area contributed by atoms with Crippen molar-refractivity contribution in [1.29, 1.82) is 0 Å². The van der Waals surface area contributed by atoms with E-state index < -0.39 is 11.8 Å². The predicted octanol–water partition coefficient (Wildman–Crippen LogP) is 3.40. The van der Waals surface area contributed by atoms with Crippen molar-refractivity contribution >= 4 is 33.4 Å². The van der Waals surface area contributed by atoms with Gasteiger partial charge in [0.05, 0.1) is 17.4 Å². The lowest BCUT2D eigenvalue weighted by atomic mass is 10.2. The smallest absolute Gasteiger partial charge is 0.305 e. The molecule has 0 radical (unpaired) electrons. The van der Waals surface area contributed by atoms with Gasteiger partial charge in [-0.2, -0.15) is 4.98 Å². The summed E-state index contributed by atoms with van der Waals surface area (Å²) < 4.78 is 21.6.